The van der Waals surface area contributed by atoms with Crippen LogP contribution in [0.25, 0.3) is 0 Å². The van der Waals surface area contributed by atoms with Crippen LogP contribution in [-0.4, -0.2) is 16.2 Å². The van der Waals surface area contributed by atoms with Crippen LogP contribution < -0.4 is 5.32 Å². The molecule has 4 nitrogen and oxygen atoms in total. The van der Waals surface area contributed by atoms with Gasteiger partial charge in [-0.3, -0.25) is 0 Å². The highest BCUT2D eigenvalue weighted by Crippen LogP contribution is 2.37. The molecule has 1 heterocycles. The summed E-state index contributed by atoms with van der Waals surface area (Å²) in [5, 5.41) is 20.3. The van der Waals surface area contributed by atoms with Gasteiger partial charge in [-0.15, -0.1) is 5.10 Å². The molecule has 1 fully saturated rings. The first-order valence-electron chi connectivity index (χ1n) is 6.12. The summed E-state index contributed by atoms with van der Waals surface area (Å²) in [4.78, 5) is 0. The predicted octanol–water partition coefficient (Wildman–Crippen LogP) is 2.73. The maximum atomic E-state index is 9.02. The molecule has 4 heteroatoms. The molecule has 0 radical (unpaired) electrons. The summed E-state index contributed by atoms with van der Waals surface area (Å²) in [5.74, 6) is 0.620. The van der Waals surface area contributed by atoms with Gasteiger partial charge in [0.15, 0.2) is 5.82 Å². The number of hydrogen-bond acceptors (Lipinski definition) is 4. The molecule has 90 valence electrons. The number of nitrogens with one attached hydrogen (secondary N) is 1. The number of nitrogens with zero attached hydrogens (tertiary/aromatic N) is 3. The van der Waals surface area contributed by atoms with Crippen LogP contribution in [0.3, 0.4) is 0 Å². The summed E-state index contributed by atoms with van der Waals surface area (Å²) in [6.07, 6.45) is 6.43. The lowest BCUT2D eigenvalue weighted by atomic mass is 9.73. The van der Waals surface area contributed by atoms with Gasteiger partial charge in [0.05, 0.1) is 11.8 Å². The van der Waals surface area contributed by atoms with Crippen LogP contribution in [0.5, 0.6) is 0 Å². The average molecular weight is 230 g/mol. The van der Waals surface area contributed by atoms with E-state index in [-0.39, 0.29) is 5.41 Å². The molecule has 17 heavy (non-hydrogen) atoms. The zero-order chi connectivity index (χ0) is 12.3. The molecular formula is C13H18N4. The largest absolute Gasteiger partial charge is 0.364 e. The number of hydrogen-bond donors (Lipinski definition) is 1. The maximum Gasteiger partial charge on any atom is 0.166 e. The van der Waals surface area contributed by atoms with E-state index in [0.29, 0.717) is 17.4 Å². The van der Waals surface area contributed by atoms with Crippen LogP contribution in [0.1, 0.15) is 45.1 Å². The third-order valence-electron chi connectivity index (χ3n) is 3.66. The number of anilines is 1. The van der Waals surface area contributed by atoms with E-state index in [0.717, 1.165) is 6.42 Å². The molecule has 1 N–H and O–H groups in total. The molecule has 1 saturated carbocycles. The van der Waals surface area contributed by atoms with Gasteiger partial charge in [0, 0.05) is 6.04 Å². The molecule has 0 bridgehead atoms. The van der Waals surface area contributed by atoms with Gasteiger partial charge in [-0.25, -0.2) is 0 Å². The molecule has 0 amide bonds. The summed E-state index contributed by atoms with van der Waals surface area (Å²) in [5.41, 5.74) is 0.823. The average Bonchev–Trinajstić information content (AvgIpc) is 2.32. The lowest BCUT2D eigenvalue weighted by Gasteiger charge is -2.39. The Morgan fingerprint density at radius 3 is 3.00 bits per heavy atom. The quantitative estimate of drug-likeness (QED) is 0.848. The van der Waals surface area contributed by atoms with Gasteiger partial charge >= 0.3 is 0 Å². The van der Waals surface area contributed by atoms with Crippen molar-refractivity contribution >= 4 is 5.82 Å². The Morgan fingerprint density at radius 2 is 2.29 bits per heavy atom. The zero-order valence-corrected chi connectivity index (χ0v) is 10.4. The highest BCUT2D eigenvalue weighted by atomic mass is 15.2. The maximum absolute atomic E-state index is 9.02. The first kappa shape index (κ1) is 11.8. The van der Waals surface area contributed by atoms with E-state index in [1.807, 2.05) is 0 Å². The molecule has 0 spiro atoms. The summed E-state index contributed by atoms with van der Waals surface area (Å²) < 4.78 is 0. The minimum Gasteiger partial charge on any atom is -0.364 e. The fourth-order valence-corrected chi connectivity index (χ4v) is 2.46. The number of aromatic nitrogens is 2. The first-order valence-corrected chi connectivity index (χ1v) is 6.12. The molecule has 1 aromatic rings. The van der Waals surface area contributed by atoms with Crippen LogP contribution in [0.4, 0.5) is 5.82 Å². The van der Waals surface area contributed by atoms with Crippen LogP contribution >= 0.6 is 0 Å². The van der Waals surface area contributed by atoms with Crippen molar-refractivity contribution in [2.24, 2.45) is 5.41 Å². The molecule has 0 saturated heterocycles. The minimum atomic E-state index is 0.252. The smallest absolute Gasteiger partial charge is 0.166 e. The lowest BCUT2D eigenvalue weighted by molar-refractivity contribution is 0.216. The standard InChI is InChI=1S/C13H18N4/c1-13(2)7-4-3-5-11(13)16-12-10(9-14)6-8-15-17-12/h6,8,11H,3-5,7H2,1-2H3,(H,16,17). The Morgan fingerprint density at radius 1 is 1.47 bits per heavy atom. The van der Waals surface area contributed by atoms with Crippen molar-refractivity contribution in [2.45, 2.75) is 45.6 Å². The second kappa shape index (κ2) is 4.70. The van der Waals surface area contributed by atoms with E-state index in [1.165, 1.54) is 19.3 Å². The highest BCUT2D eigenvalue weighted by Gasteiger charge is 2.32. The van der Waals surface area contributed by atoms with Gasteiger partial charge in [0.25, 0.3) is 0 Å². The summed E-state index contributed by atoms with van der Waals surface area (Å²) >= 11 is 0. The number of nitriles is 1. The van der Waals surface area contributed by atoms with Gasteiger partial charge < -0.3 is 5.32 Å². The van der Waals surface area contributed by atoms with Crippen molar-refractivity contribution in [3.8, 4) is 6.07 Å². The van der Waals surface area contributed by atoms with Crippen LogP contribution in [0.2, 0.25) is 0 Å². The van der Waals surface area contributed by atoms with Crippen molar-refractivity contribution in [1.82, 2.24) is 10.2 Å². The van der Waals surface area contributed by atoms with Crippen molar-refractivity contribution < 1.29 is 0 Å². The van der Waals surface area contributed by atoms with E-state index in [1.54, 1.807) is 12.3 Å². The van der Waals surface area contributed by atoms with Gasteiger partial charge in [0.2, 0.25) is 0 Å². The molecule has 1 atom stereocenters. The molecule has 1 unspecified atom stereocenters. The van der Waals surface area contributed by atoms with Gasteiger partial charge in [-0.05, 0) is 24.3 Å². The van der Waals surface area contributed by atoms with E-state index < -0.39 is 0 Å². The Balaban J connectivity index is 2.17. The topological polar surface area (TPSA) is 61.6 Å². The Kier molecular flexibility index (Phi) is 3.28. The second-order valence-corrected chi connectivity index (χ2v) is 5.34. The molecule has 1 aromatic heterocycles. The van der Waals surface area contributed by atoms with Gasteiger partial charge in [0.1, 0.15) is 6.07 Å². The SMILES string of the molecule is CC1(C)CCCCC1Nc1nnccc1C#N. The minimum absolute atomic E-state index is 0.252. The van der Waals surface area contributed by atoms with Crippen molar-refractivity contribution in [2.75, 3.05) is 5.32 Å². The van der Waals surface area contributed by atoms with E-state index in [4.69, 9.17) is 5.26 Å². The monoisotopic (exact) mass is 230 g/mol. The molecule has 0 aliphatic heterocycles. The second-order valence-electron chi connectivity index (χ2n) is 5.34. The summed E-state index contributed by atoms with van der Waals surface area (Å²) in [6.45, 7) is 4.54. The van der Waals surface area contributed by atoms with Gasteiger partial charge in [-0.2, -0.15) is 10.4 Å². The highest BCUT2D eigenvalue weighted by molar-refractivity contribution is 5.51. The van der Waals surface area contributed by atoms with Crippen molar-refractivity contribution in [1.29, 1.82) is 5.26 Å². The molecule has 2 rings (SSSR count). The van der Waals surface area contributed by atoms with Gasteiger partial charge in [-0.1, -0.05) is 26.7 Å². The normalized spacial score (nSPS) is 22.8. The molecule has 1 aliphatic carbocycles. The fraction of sp³-hybridized carbons (Fsp3) is 0.615. The van der Waals surface area contributed by atoms with E-state index in [2.05, 4.69) is 35.4 Å². The molecule has 0 aromatic carbocycles. The summed E-state index contributed by atoms with van der Waals surface area (Å²) in [6, 6.07) is 4.22. The fourth-order valence-electron chi connectivity index (χ4n) is 2.46. The lowest BCUT2D eigenvalue weighted by Crippen LogP contribution is -2.39. The van der Waals surface area contributed by atoms with Crippen molar-refractivity contribution in [3.63, 3.8) is 0 Å². The van der Waals surface area contributed by atoms with Crippen LogP contribution in [0.15, 0.2) is 12.3 Å². The predicted molar refractivity (Wildman–Crippen MR) is 66.4 cm³/mol. The third kappa shape index (κ3) is 2.55. The van der Waals surface area contributed by atoms with Crippen molar-refractivity contribution in [3.05, 3.63) is 17.8 Å². The van der Waals surface area contributed by atoms with Crippen LogP contribution in [-0.2, 0) is 0 Å². The Hall–Kier alpha value is -1.63. The van der Waals surface area contributed by atoms with E-state index >= 15 is 0 Å². The zero-order valence-electron chi connectivity index (χ0n) is 10.4. The number of rotatable bonds is 2. The molecular weight excluding hydrogens is 212 g/mol. The Bertz CT molecular complexity index is 433. The summed E-state index contributed by atoms with van der Waals surface area (Å²) in [7, 11) is 0. The Labute approximate surface area is 102 Å². The first-order chi connectivity index (χ1) is 8.13. The molecule has 1 aliphatic rings. The van der Waals surface area contributed by atoms with E-state index in [9.17, 15) is 0 Å². The van der Waals surface area contributed by atoms with Crippen LogP contribution in [0, 0.1) is 16.7 Å². The third-order valence-corrected chi connectivity index (χ3v) is 3.66.